The van der Waals surface area contributed by atoms with Crippen LogP contribution in [0.1, 0.15) is 0 Å². The van der Waals surface area contributed by atoms with Gasteiger partial charge in [0.2, 0.25) is 5.69 Å². The Morgan fingerprint density at radius 3 is 1.93 bits per heavy atom. The molecule has 0 aliphatic rings. The Morgan fingerprint density at radius 1 is 0.476 bits per heavy atom. The maximum atomic E-state index is 7.93. The Bertz CT molecular complexity index is 2430. The van der Waals surface area contributed by atoms with Crippen molar-refractivity contribution in [1.82, 2.24) is 9.13 Å². The third kappa shape index (κ3) is 3.33. The fourth-order valence-electron chi connectivity index (χ4n) is 6.42. The molecule has 6 aromatic carbocycles. The highest BCUT2D eigenvalue weighted by molar-refractivity contribution is 6.17. The molecule has 0 amide bonds. The summed E-state index contributed by atoms with van der Waals surface area (Å²) in [5.41, 5.74) is 9.16. The molecule has 0 saturated heterocycles. The highest BCUT2D eigenvalue weighted by atomic mass is 15.0. The molecular formula is C38H22N4. The fourth-order valence-corrected chi connectivity index (χ4v) is 6.42. The Hall–Kier alpha value is -6.10. The molecule has 0 N–H and O–H groups in total. The molecule has 0 saturated carbocycles. The quantitative estimate of drug-likeness (QED) is 0.201. The highest BCUT2D eigenvalue weighted by Crippen LogP contribution is 2.43. The summed E-state index contributed by atoms with van der Waals surface area (Å²) >= 11 is 0. The van der Waals surface area contributed by atoms with Crippen molar-refractivity contribution in [3.8, 4) is 22.5 Å². The number of rotatable bonds is 3. The van der Waals surface area contributed by atoms with E-state index in [1.807, 2.05) is 30.3 Å². The van der Waals surface area contributed by atoms with E-state index in [0.29, 0.717) is 11.4 Å². The number of para-hydroxylation sites is 4. The molecule has 8 rings (SSSR count). The van der Waals surface area contributed by atoms with Gasteiger partial charge in [-0.25, -0.2) is 4.85 Å². The fraction of sp³-hybridized carbons (Fsp3) is 0. The summed E-state index contributed by atoms with van der Waals surface area (Å²) in [6, 6.07) is 46.0. The van der Waals surface area contributed by atoms with Crippen molar-refractivity contribution in [3.63, 3.8) is 0 Å². The first-order valence-electron chi connectivity index (χ1n) is 13.8. The topological polar surface area (TPSA) is 18.6 Å². The van der Waals surface area contributed by atoms with E-state index in [1.165, 1.54) is 16.3 Å². The van der Waals surface area contributed by atoms with Gasteiger partial charge in [0.05, 0.1) is 35.2 Å². The molecule has 2 heterocycles. The normalized spacial score (nSPS) is 11.3. The van der Waals surface area contributed by atoms with Crippen LogP contribution in [0.4, 0.5) is 11.4 Å². The zero-order chi connectivity index (χ0) is 28.2. The number of hydrogen-bond donors (Lipinski definition) is 0. The highest BCUT2D eigenvalue weighted by Gasteiger charge is 2.19. The van der Waals surface area contributed by atoms with Gasteiger partial charge in [0, 0.05) is 32.9 Å². The van der Waals surface area contributed by atoms with Gasteiger partial charge in [-0.3, -0.25) is 4.85 Å². The second-order valence-electron chi connectivity index (χ2n) is 10.3. The van der Waals surface area contributed by atoms with E-state index in [-0.39, 0.29) is 0 Å². The van der Waals surface area contributed by atoms with E-state index >= 15 is 0 Å². The van der Waals surface area contributed by atoms with Gasteiger partial charge in [-0.1, -0.05) is 97.1 Å². The van der Waals surface area contributed by atoms with Crippen LogP contribution in [0.25, 0.3) is 75.8 Å². The molecule has 8 aromatic rings. The van der Waals surface area contributed by atoms with Gasteiger partial charge in [-0.2, -0.15) is 0 Å². The van der Waals surface area contributed by atoms with Crippen LogP contribution in [-0.4, -0.2) is 9.13 Å². The molecular weight excluding hydrogens is 512 g/mol. The smallest absolute Gasteiger partial charge is 0.217 e. The number of hydrogen-bond acceptors (Lipinski definition) is 0. The predicted molar refractivity (Wildman–Crippen MR) is 173 cm³/mol. The van der Waals surface area contributed by atoms with E-state index in [4.69, 9.17) is 13.1 Å². The van der Waals surface area contributed by atoms with Crippen LogP contribution in [0.2, 0.25) is 0 Å². The van der Waals surface area contributed by atoms with Crippen LogP contribution in [0.3, 0.4) is 0 Å². The van der Waals surface area contributed by atoms with Crippen molar-refractivity contribution < 1.29 is 0 Å². The average Bonchev–Trinajstić information content (AvgIpc) is 3.57. The van der Waals surface area contributed by atoms with Crippen LogP contribution in [0, 0.1) is 13.1 Å². The summed E-state index contributed by atoms with van der Waals surface area (Å²) in [7, 11) is 0. The lowest BCUT2D eigenvalue weighted by atomic mass is 9.98. The molecule has 0 radical (unpaired) electrons. The van der Waals surface area contributed by atoms with Crippen LogP contribution >= 0.6 is 0 Å². The van der Waals surface area contributed by atoms with Crippen molar-refractivity contribution in [3.05, 3.63) is 156 Å². The third-order valence-electron chi connectivity index (χ3n) is 8.16. The van der Waals surface area contributed by atoms with E-state index in [9.17, 15) is 0 Å². The molecule has 0 unspecified atom stereocenters. The molecule has 0 atom stereocenters. The molecule has 4 heteroatoms. The van der Waals surface area contributed by atoms with Gasteiger partial charge >= 0.3 is 0 Å². The van der Waals surface area contributed by atoms with E-state index in [2.05, 4.69) is 116 Å². The van der Waals surface area contributed by atoms with Crippen molar-refractivity contribution in [2.45, 2.75) is 0 Å². The van der Waals surface area contributed by atoms with Crippen molar-refractivity contribution in [1.29, 1.82) is 0 Å². The molecule has 0 spiro atoms. The lowest BCUT2D eigenvalue weighted by molar-refractivity contribution is 1.18. The third-order valence-corrected chi connectivity index (χ3v) is 8.16. The summed E-state index contributed by atoms with van der Waals surface area (Å²) in [5.74, 6) is 0. The van der Waals surface area contributed by atoms with Gasteiger partial charge in [-0.15, -0.1) is 0 Å². The first kappa shape index (κ1) is 23.8. The number of aromatic nitrogens is 2. The van der Waals surface area contributed by atoms with Crippen LogP contribution in [0.5, 0.6) is 0 Å². The van der Waals surface area contributed by atoms with Gasteiger partial charge in [-0.05, 0) is 47.5 Å². The minimum absolute atomic E-state index is 0.364. The largest absolute Gasteiger partial charge is 0.320 e. The van der Waals surface area contributed by atoms with E-state index < -0.39 is 0 Å². The summed E-state index contributed by atoms with van der Waals surface area (Å²) in [6.45, 7) is 15.6. The molecule has 2 aromatic heterocycles. The Labute approximate surface area is 242 Å². The first-order valence-corrected chi connectivity index (χ1v) is 13.8. The summed E-state index contributed by atoms with van der Waals surface area (Å²) in [5, 5.41) is 4.63. The van der Waals surface area contributed by atoms with Crippen LogP contribution < -0.4 is 0 Å². The maximum Gasteiger partial charge on any atom is 0.217 e. The first-order chi connectivity index (χ1) is 20.8. The van der Waals surface area contributed by atoms with Crippen LogP contribution in [-0.2, 0) is 0 Å². The summed E-state index contributed by atoms with van der Waals surface area (Å²) in [4.78, 5) is 7.46. The minimum atomic E-state index is 0.364. The molecule has 194 valence electrons. The van der Waals surface area contributed by atoms with Gasteiger partial charge in [0.1, 0.15) is 0 Å². The van der Waals surface area contributed by atoms with E-state index in [0.717, 1.165) is 49.8 Å². The van der Waals surface area contributed by atoms with Crippen molar-refractivity contribution >= 4 is 55.0 Å². The zero-order valence-electron chi connectivity index (χ0n) is 22.5. The van der Waals surface area contributed by atoms with Crippen molar-refractivity contribution in [2.24, 2.45) is 0 Å². The molecule has 42 heavy (non-hydrogen) atoms. The van der Waals surface area contributed by atoms with Gasteiger partial charge < -0.3 is 9.13 Å². The van der Waals surface area contributed by atoms with Crippen LogP contribution in [0.15, 0.2) is 133 Å². The molecule has 4 nitrogen and oxygen atoms in total. The van der Waals surface area contributed by atoms with Gasteiger partial charge in [0.25, 0.3) is 0 Å². The Morgan fingerprint density at radius 2 is 1.14 bits per heavy atom. The average molecular weight is 535 g/mol. The zero-order valence-corrected chi connectivity index (χ0v) is 22.5. The molecule has 0 fully saturated rings. The summed E-state index contributed by atoms with van der Waals surface area (Å²) in [6.07, 6.45) is 0. The summed E-state index contributed by atoms with van der Waals surface area (Å²) < 4.78 is 4.48. The van der Waals surface area contributed by atoms with E-state index in [1.54, 1.807) is 6.07 Å². The Kier molecular flexibility index (Phi) is 5.22. The number of fused-ring (bicyclic) bond motifs is 6. The maximum absolute atomic E-state index is 7.93. The monoisotopic (exact) mass is 534 g/mol. The molecule has 0 bridgehead atoms. The lowest BCUT2D eigenvalue weighted by Crippen LogP contribution is -1.94. The lowest BCUT2D eigenvalue weighted by Gasteiger charge is -2.12. The number of nitrogens with zero attached hydrogens (tertiary/aromatic N) is 4. The molecule has 0 aliphatic carbocycles. The second kappa shape index (κ2) is 9.24. The van der Waals surface area contributed by atoms with Gasteiger partial charge in [0.15, 0.2) is 5.69 Å². The predicted octanol–water partition coefficient (Wildman–Crippen LogP) is 10.6. The Balaban J connectivity index is 1.47. The molecule has 0 aliphatic heterocycles. The minimum Gasteiger partial charge on any atom is -0.320 e. The standard InChI is InChI=1S/C38H22N4/c1-39-31-17-11-21-35(38(31)40-2)42-32-18-8-6-14-28(32)29-23-22-25(24-36(29)42)27-16-10-20-34-37(27)30-15-7-9-19-33(30)41(34)26-12-4-3-5-13-26/h3-24H. The number of benzene rings is 6. The van der Waals surface area contributed by atoms with Crippen molar-refractivity contribution in [2.75, 3.05) is 0 Å². The second-order valence-corrected chi connectivity index (χ2v) is 10.3. The SMILES string of the molecule is [C-]#[N+]c1cccc(-n2c3ccccc3c3ccc(-c4cccc5c4c4ccccc4n5-c4ccccc4)cc32)c1[N+]#[C-].